The molecule has 0 bridgehead atoms. The summed E-state index contributed by atoms with van der Waals surface area (Å²) >= 11 is 0. The number of anilines is 1. The molecule has 0 aliphatic carbocycles. The summed E-state index contributed by atoms with van der Waals surface area (Å²) < 4.78 is 26.6. The van der Waals surface area contributed by atoms with Crippen molar-refractivity contribution >= 4 is 17.6 Å². The van der Waals surface area contributed by atoms with Gasteiger partial charge in [-0.15, -0.1) is 0 Å². The van der Waals surface area contributed by atoms with Crippen LogP contribution in [-0.2, 0) is 4.79 Å². The molecule has 2 aliphatic rings. The smallest absolute Gasteiger partial charge is 0.306 e. The van der Waals surface area contributed by atoms with Gasteiger partial charge in [-0.05, 0) is 31.0 Å². The Labute approximate surface area is 115 Å². The largest absolute Gasteiger partial charge is 0.332 e. The highest BCUT2D eigenvalue weighted by Gasteiger charge is 2.57. The third-order valence-electron chi connectivity index (χ3n) is 4.03. The number of nitrogens with zero attached hydrogens (tertiary/aromatic N) is 2. The lowest BCUT2D eigenvalue weighted by Gasteiger charge is -2.20. The fraction of sp³-hybridized carbons (Fsp3) is 0.429. The normalized spacial score (nSPS) is 24.5. The Morgan fingerprint density at radius 2 is 1.95 bits per heavy atom. The van der Waals surface area contributed by atoms with Crippen molar-refractivity contribution in [2.75, 3.05) is 11.4 Å². The Balaban J connectivity index is 2.00. The van der Waals surface area contributed by atoms with Gasteiger partial charge in [-0.3, -0.25) is 4.79 Å². The number of benzene rings is 1. The van der Waals surface area contributed by atoms with E-state index in [2.05, 4.69) is 0 Å². The number of imide groups is 1. The minimum Gasteiger partial charge on any atom is -0.306 e. The summed E-state index contributed by atoms with van der Waals surface area (Å²) in [6.45, 7) is 3.01. The number of amides is 3. The number of aryl methyl sites for hydroxylation is 1. The fourth-order valence-corrected chi connectivity index (χ4v) is 2.81. The minimum atomic E-state index is -2.97. The van der Waals surface area contributed by atoms with Gasteiger partial charge in [-0.1, -0.05) is 12.1 Å². The summed E-state index contributed by atoms with van der Waals surface area (Å²) in [5, 5.41) is 0. The van der Waals surface area contributed by atoms with Gasteiger partial charge in [0.15, 0.2) is 0 Å². The van der Waals surface area contributed by atoms with E-state index in [9.17, 15) is 18.4 Å². The second-order valence-electron chi connectivity index (χ2n) is 5.38. The molecule has 0 aromatic heterocycles. The first-order valence-corrected chi connectivity index (χ1v) is 6.40. The second kappa shape index (κ2) is 4.01. The van der Waals surface area contributed by atoms with Crippen molar-refractivity contribution in [3.63, 3.8) is 0 Å². The van der Waals surface area contributed by atoms with Crippen molar-refractivity contribution in [3.05, 3.63) is 29.3 Å². The SMILES string of the molecule is Cc1cccc(N2C(=O)[C@@H]3CC(F)(F)CN3C2=O)c1C. The Kier molecular flexibility index (Phi) is 2.61. The molecule has 1 aromatic carbocycles. The highest BCUT2D eigenvalue weighted by atomic mass is 19.3. The van der Waals surface area contributed by atoms with E-state index in [1.165, 1.54) is 0 Å². The Morgan fingerprint density at radius 1 is 1.25 bits per heavy atom. The molecule has 20 heavy (non-hydrogen) atoms. The van der Waals surface area contributed by atoms with Crippen molar-refractivity contribution in [2.24, 2.45) is 0 Å². The van der Waals surface area contributed by atoms with Crippen LogP contribution in [0.2, 0.25) is 0 Å². The highest BCUT2D eigenvalue weighted by Crippen LogP contribution is 2.39. The first kappa shape index (κ1) is 13.0. The van der Waals surface area contributed by atoms with Crippen molar-refractivity contribution in [1.82, 2.24) is 4.90 Å². The first-order chi connectivity index (χ1) is 9.32. The van der Waals surface area contributed by atoms with E-state index in [1.807, 2.05) is 19.9 Å². The average Bonchev–Trinajstić information content (AvgIpc) is 2.79. The molecule has 106 valence electrons. The van der Waals surface area contributed by atoms with Gasteiger partial charge in [0, 0.05) is 6.42 Å². The zero-order chi connectivity index (χ0) is 14.7. The van der Waals surface area contributed by atoms with Crippen molar-refractivity contribution in [2.45, 2.75) is 32.2 Å². The lowest BCUT2D eigenvalue weighted by atomic mass is 10.1. The molecule has 2 heterocycles. The summed E-state index contributed by atoms with van der Waals surface area (Å²) in [7, 11) is 0. The number of hydrogen-bond acceptors (Lipinski definition) is 2. The molecule has 0 N–H and O–H groups in total. The number of rotatable bonds is 1. The molecule has 4 nitrogen and oxygen atoms in total. The van der Waals surface area contributed by atoms with E-state index in [4.69, 9.17) is 0 Å². The van der Waals surface area contributed by atoms with Crippen molar-refractivity contribution in [3.8, 4) is 0 Å². The van der Waals surface area contributed by atoms with Gasteiger partial charge < -0.3 is 4.90 Å². The van der Waals surface area contributed by atoms with Crippen LogP contribution in [0.15, 0.2) is 18.2 Å². The minimum absolute atomic E-state index is 0.484. The van der Waals surface area contributed by atoms with Gasteiger partial charge in [0.1, 0.15) is 6.04 Å². The zero-order valence-electron chi connectivity index (χ0n) is 11.2. The third-order valence-corrected chi connectivity index (χ3v) is 4.03. The molecule has 1 aromatic rings. The van der Waals surface area contributed by atoms with E-state index in [-0.39, 0.29) is 0 Å². The summed E-state index contributed by atoms with van der Waals surface area (Å²) in [6, 6.07) is 3.61. The van der Waals surface area contributed by atoms with Crippen molar-refractivity contribution < 1.29 is 18.4 Å². The van der Waals surface area contributed by atoms with Crippen LogP contribution >= 0.6 is 0 Å². The molecule has 2 fully saturated rings. The number of hydrogen-bond donors (Lipinski definition) is 0. The Morgan fingerprint density at radius 3 is 2.60 bits per heavy atom. The molecule has 3 amide bonds. The number of alkyl halides is 2. The molecule has 0 spiro atoms. The Bertz CT molecular complexity index is 589. The first-order valence-electron chi connectivity index (χ1n) is 6.40. The molecule has 3 rings (SSSR count). The quantitative estimate of drug-likeness (QED) is 0.741. The van der Waals surface area contributed by atoms with Crippen LogP contribution < -0.4 is 4.90 Å². The van der Waals surface area contributed by atoms with Gasteiger partial charge in [0.05, 0.1) is 12.2 Å². The summed E-state index contributed by atoms with van der Waals surface area (Å²) in [6.07, 6.45) is -0.584. The summed E-state index contributed by atoms with van der Waals surface area (Å²) in [5.74, 6) is -3.52. The zero-order valence-corrected chi connectivity index (χ0v) is 11.2. The number of carbonyl (C=O) groups excluding carboxylic acids is 2. The van der Waals surface area contributed by atoms with Crippen LogP contribution in [0.25, 0.3) is 0 Å². The molecule has 2 aliphatic heterocycles. The van der Waals surface area contributed by atoms with Gasteiger partial charge in [0.25, 0.3) is 11.8 Å². The van der Waals surface area contributed by atoms with Crippen LogP contribution in [-0.4, -0.2) is 35.3 Å². The number of fused-ring (bicyclic) bond motifs is 1. The maximum absolute atomic E-state index is 13.3. The lowest BCUT2D eigenvalue weighted by Crippen LogP contribution is -2.37. The lowest BCUT2D eigenvalue weighted by molar-refractivity contribution is -0.119. The summed E-state index contributed by atoms with van der Waals surface area (Å²) in [5.41, 5.74) is 2.24. The topological polar surface area (TPSA) is 40.6 Å². The van der Waals surface area contributed by atoms with Gasteiger partial charge >= 0.3 is 6.03 Å². The van der Waals surface area contributed by atoms with E-state index in [1.54, 1.807) is 12.1 Å². The van der Waals surface area contributed by atoms with Crippen LogP contribution in [0, 0.1) is 13.8 Å². The van der Waals surface area contributed by atoms with E-state index >= 15 is 0 Å². The summed E-state index contributed by atoms with van der Waals surface area (Å²) in [4.78, 5) is 26.5. The third kappa shape index (κ3) is 1.71. The molecule has 2 saturated heterocycles. The fourth-order valence-electron chi connectivity index (χ4n) is 2.81. The van der Waals surface area contributed by atoms with Crippen LogP contribution in [0.1, 0.15) is 17.5 Å². The maximum Gasteiger partial charge on any atom is 0.332 e. The van der Waals surface area contributed by atoms with Crippen molar-refractivity contribution in [1.29, 1.82) is 0 Å². The Hall–Kier alpha value is -1.98. The number of halogens is 2. The maximum atomic E-state index is 13.3. The van der Waals surface area contributed by atoms with E-state index in [0.29, 0.717) is 5.69 Å². The molecular formula is C14H14F2N2O2. The number of carbonyl (C=O) groups is 2. The molecule has 0 radical (unpaired) electrons. The van der Waals surface area contributed by atoms with E-state index < -0.39 is 36.9 Å². The predicted molar refractivity (Wildman–Crippen MR) is 68.9 cm³/mol. The second-order valence-corrected chi connectivity index (χ2v) is 5.38. The van der Waals surface area contributed by atoms with Gasteiger partial charge in [-0.2, -0.15) is 0 Å². The molecule has 0 unspecified atom stereocenters. The van der Waals surface area contributed by atoms with Gasteiger partial charge in [-0.25, -0.2) is 18.5 Å². The van der Waals surface area contributed by atoms with Crippen LogP contribution in [0.4, 0.5) is 19.3 Å². The molecule has 1 atom stereocenters. The predicted octanol–water partition coefficient (Wildman–Crippen LogP) is 2.48. The van der Waals surface area contributed by atoms with E-state index in [0.717, 1.165) is 20.9 Å². The van der Waals surface area contributed by atoms with Gasteiger partial charge in [0.2, 0.25) is 0 Å². The number of urea groups is 1. The van der Waals surface area contributed by atoms with Crippen LogP contribution in [0.3, 0.4) is 0 Å². The molecule has 0 saturated carbocycles. The molecule has 6 heteroatoms. The average molecular weight is 280 g/mol. The highest BCUT2D eigenvalue weighted by molar-refractivity contribution is 6.22. The van der Waals surface area contributed by atoms with Crippen LogP contribution in [0.5, 0.6) is 0 Å². The standard InChI is InChI=1S/C14H14F2N2O2/c1-8-4-3-5-10(9(8)2)18-12(19)11-6-14(15,16)7-17(11)13(18)20/h3-5,11H,6-7H2,1-2H3/t11-/m0/s1. The molecular weight excluding hydrogens is 266 g/mol. The monoisotopic (exact) mass is 280 g/mol.